The molecular weight excluding hydrogens is 438 g/mol. The molecule has 1 aliphatic carbocycles. The van der Waals surface area contributed by atoms with Gasteiger partial charge < -0.3 is 20.1 Å². The highest BCUT2D eigenvalue weighted by Gasteiger charge is 2.35. The van der Waals surface area contributed by atoms with Crippen LogP contribution in [0.1, 0.15) is 37.7 Å². The zero-order chi connectivity index (χ0) is 23.2. The first kappa shape index (κ1) is 23.7. The molecule has 1 saturated carbocycles. The van der Waals surface area contributed by atoms with Crippen molar-refractivity contribution in [3.05, 3.63) is 53.1 Å². The first-order valence-electron chi connectivity index (χ1n) is 11.8. The topological polar surface area (TPSA) is 62.8 Å². The van der Waals surface area contributed by atoms with Gasteiger partial charge in [0.05, 0.1) is 14.2 Å². The van der Waals surface area contributed by atoms with E-state index in [-0.39, 0.29) is 12.1 Å². The number of likely N-dealkylation sites (tertiary alicyclic amines) is 1. The first-order chi connectivity index (χ1) is 16.1. The highest BCUT2D eigenvalue weighted by atomic mass is 35.5. The van der Waals surface area contributed by atoms with Gasteiger partial charge >= 0.3 is 6.03 Å². The van der Waals surface area contributed by atoms with Crippen molar-refractivity contribution in [2.24, 2.45) is 5.92 Å². The SMILES string of the molecule is COc1ccc(NC(=O)N[C@@H]2CCC[C@H]2N2CCC(Cc3ccc(Cl)cc3)CC2)cc1OC. The Balaban J connectivity index is 1.27. The van der Waals surface area contributed by atoms with Crippen molar-refractivity contribution < 1.29 is 14.3 Å². The van der Waals surface area contributed by atoms with Gasteiger partial charge in [-0.1, -0.05) is 23.7 Å². The van der Waals surface area contributed by atoms with Crippen LogP contribution in [0.25, 0.3) is 0 Å². The molecule has 0 aromatic heterocycles. The van der Waals surface area contributed by atoms with E-state index in [1.54, 1.807) is 26.4 Å². The Labute approximate surface area is 201 Å². The standard InChI is InChI=1S/C26H34ClN3O3/c1-32-24-11-10-21(17-25(24)33-2)28-26(31)29-22-4-3-5-23(22)30-14-12-19(13-15-30)16-18-6-8-20(27)9-7-18/h6-11,17,19,22-23H,3-5,12-16H2,1-2H3,(H2,28,29,31)/t22-,23-/m1/s1. The number of amides is 2. The smallest absolute Gasteiger partial charge is 0.319 e. The number of anilines is 1. The monoisotopic (exact) mass is 471 g/mol. The highest BCUT2D eigenvalue weighted by molar-refractivity contribution is 6.30. The summed E-state index contributed by atoms with van der Waals surface area (Å²) in [7, 11) is 3.18. The zero-order valence-corrected chi connectivity index (χ0v) is 20.2. The first-order valence-corrected chi connectivity index (χ1v) is 12.2. The van der Waals surface area contributed by atoms with Crippen LogP contribution in [0.2, 0.25) is 5.02 Å². The lowest BCUT2D eigenvalue weighted by molar-refractivity contribution is 0.119. The van der Waals surface area contributed by atoms with E-state index in [4.69, 9.17) is 21.1 Å². The van der Waals surface area contributed by atoms with Gasteiger partial charge in [-0.25, -0.2) is 4.79 Å². The second kappa shape index (κ2) is 11.1. The van der Waals surface area contributed by atoms with Crippen LogP contribution in [0, 0.1) is 5.92 Å². The number of hydrogen-bond acceptors (Lipinski definition) is 4. The van der Waals surface area contributed by atoms with E-state index in [9.17, 15) is 4.79 Å². The summed E-state index contributed by atoms with van der Waals surface area (Å²) < 4.78 is 10.6. The van der Waals surface area contributed by atoms with Gasteiger partial charge in [-0.05, 0) is 87.4 Å². The molecule has 0 radical (unpaired) electrons. The summed E-state index contributed by atoms with van der Waals surface area (Å²) in [6.07, 6.45) is 6.83. The number of nitrogens with zero attached hydrogens (tertiary/aromatic N) is 1. The number of nitrogens with one attached hydrogen (secondary N) is 2. The molecule has 2 aliphatic rings. The molecule has 2 amide bonds. The molecule has 1 saturated heterocycles. The van der Waals surface area contributed by atoms with Gasteiger partial charge in [0.25, 0.3) is 0 Å². The number of ether oxygens (including phenoxy) is 2. The molecule has 2 fully saturated rings. The largest absolute Gasteiger partial charge is 0.493 e. The van der Waals surface area contributed by atoms with E-state index in [0.29, 0.717) is 29.1 Å². The molecule has 0 unspecified atom stereocenters. The predicted molar refractivity (Wildman–Crippen MR) is 133 cm³/mol. The van der Waals surface area contributed by atoms with Gasteiger partial charge in [0.2, 0.25) is 0 Å². The van der Waals surface area contributed by atoms with Crippen molar-refractivity contribution in [1.82, 2.24) is 10.2 Å². The molecule has 0 bridgehead atoms. The van der Waals surface area contributed by atoms with Crippen molar-refractivity contribution in [3.63, 3.8) is 0 Å². The molecule has 4 rings (SSSR count). The number of piperidine rings is 1. The number of halogens is 1. The number of rotatable bonds is 7. The van der Waals surface area contributed by atoms with Crippen molar-refractivity contribution >= 4 is 23.3 Å². The minimum atomic E-state index is -0.170. The lowest BCUT2D eigenvalue weighted by atomic mass is 9.89. The Morgan fingerprint density at radius 1 is 1.00 bits per heavy atom. The number of benzene rings is 2. The molecule has 1 heterocycles. The van der Waals surface area contributed by atoms with E-state index >= 15 is 0 Å². The molecule has 0 spiro atoms. The Kier molecular flexibility index (Phi) is 7.99. The Morgan fingerprint density at radius 2 is 1.73 bits per heavy atom. The van der Waals surface area contributed by atoms with E-state index in [1.165, 1.54) is 18.4 Å². The van der Waals surface area contributed by atoms with Crippen LogP contribution in [0.4, 0.5) is 10.5 Å². The van der Waals surface area contributed by atoms with Gasteiger partial charge in [0.1, 0.15) is 0 Å². The summed E-state index contributed by atoms with van der Waals surface area (Å²) in [5.74, 6) is 1.94. The molecule has 1 aliphatic heterocycles. The average molecular weight is 472 g/mol. The molecule has 2 aromatic rings. The quantitative estimate of drug-likeness (QED) is 0.571. The maximum Gasteiger partial charge on any atom is 0.319 e. The van der Waals surface area contributed by atoms with Crippen LogP contribution in [-0.4, -0.2) is 50.3 Å². The summed E-state index contributed by atoms with van der Waals surface area (Å²) in [6.45, 7) is 2.19. The highest BCUT2D eigenvalue weighted by Crippen LogP contribution is 2.31. The zero-order valence-electron chi connectivity index (χ0n) is 19.5. The van der Waals surface area contributed by atoms with Crippen molar-refractivity contribution in [2.75, 3.05) is 32.6 Å². The van der Waals surface area contributed by atoms with Gasteiger partial charge in [0, 0.05) is 28.9 Å². The third-order valence-corrected chi connectivity index (χ3v) is 7.25. The van der Waals surface area contributed by atoms with Crippen LogP contribution in [0.15, 0.2) is 42.5 Å². The fraction of sp³-hybridized carbons (Fsp3) is 0.500. The number of urea groups is 1. The maximum absolute atomic E-state index is 12.7. The molecule has 2 aromatic carbocycles. The minimum Gasteiger partial charge on any atom is -0.493 e. The summed E-state index contributed by atoms with van der Waals surface area (Å²) in [4.78, 5) is 15.3. The summed E-state index contributed by atoms with van der Waals surface area (Å²) in [5.41, 5.74) is 2.05. The fourth-order valence-electron chi connectivity index (χ4n) is 5.24. The molecule has 7 heteroatoms. The Bertz CT molecular complexity index is 929. The summed E-state index contributed by atoms with van der Waals surface area (Å²) in [6, 6.07) is 14.1. The summed E-state index contributed by atoms with van der Waals surface area (Å²) in [5, 5.41) is 6.96. The van der Waals surface area contributed by atoms with E-state index < -0.39 is 0 Å². The van der Waals surface area contributed by atoms with Crippen LogP contribution >= 0.6 is 11.6 Å². The Morgan fingerprint density at radius 3 is 2.42 bits per heavy atom. The van der Waals surface area contributed by atoms with Crippen molar-refractivity contribution in [2.45, 2.75) is 50.6 Å². The van der Waals surface area contributed by atoms with Gasteiger partial charge in [0.15, 0.2) is 11.5 Å². The lowest BCUT2D eigenvalue weighted by Crippen LogP contribution is -2.52. The summed E-state index contributed by atoms with van der Waals surface area (Å²) >= 11 is 6.02. The second-order valence-corrected chi connectivity index (χ2v) is 9.52. The van der Waals surface area contributed by atoms with Gasteiger partial charge in [-0.3, -0.25) is 4.90 Å². The van der Waals surface area contributed by atoms with E-state index in [2.05, 4.69) is 27.7 Å². The molecular formula is C26H34ClN3O3. The molecule has 2 N–H and O–H groups in total. The Hall–Kier alpha value is -2.44. The van der Waals surface area contributed by atoms with Crippen LogP contribution in [-0.2, 0) is 6.42 Å². The van der Waals surface area contributed by atoms with Gasteiger partial charge in [-0.15, -0.1) is 0 Å². The van der Waals surface area contributed by atoms with E-state index in [0.717, 1.165) is 43.8 Å². The molecule has 178 valence electrons. The van der Waals surface area contributed by atoms with Gasteiger partial charge in [-0.2, -0.15) is 0 Å². The predicted octanol–water partition coefficient (Wildman–Crippen LogP) is 5.35. The van der Waals surface area contributed by atoms with Crippen LogP contribution < -0.4 is 20.1 Å². The molecule has 33 heavy (non-hydrogen) atoms. The minimum absolute atomic E-state index is 0.170. The van der Waals surface area contributed by atoms with Crippen LogP contribution in [0.3, 0.4) is 0 Å². The third-order valence-electron chi connectivity index (χ3n) is 6.99. The normalized spacial score (nSPS) is 21.5. The fourth-order valence-corrected chi connectivity index (χ4v) is 5.36. The average Bonchev–Trinajstić information content (AvgIpc) is 3.28. The molecule has 6 nitrogen and oxygen atoms in total. The van der Waals surface area contributed by atoms with Crippen molar-refractivity contribution in [1.29, 1.82) is 0 Å². The van der Waals surface area contributed by atoms with Crippen LogP contribution in [0.5, 0.6) is 11.5 Å². The van der Waals surface area contributed by atoms with Crippen molar-refractivity contribution in [3.8, 4) is 11.5 Å². The third kappa shape index (κ3) is 6.12. The number of methoxy groups -OCH3 is 2. The maximum atomic E-state index is 12.7. The molecule has 2 atom stereocenters. The second-order valence-electron chi connectivity index (χ2n) is 9.08. The lowest BCUT2D eigenvalue weighted by Gasteiger charge is -2.38. The number of carbonyl (C=O) groups is 1. The number of carbonyl (C=O) groups excluding carboxylic acids is 1. The van der Waals surface area contributed by atoms with E-state index in [1.807, 2.05) is 18.2 Å². The number of hydrogen-bond donors (Lipinski definition) is 2.